The Bertz CT molecular complexity index is 746. The molecule has 0 aliphatic carbocycles. The highest BCUT2D eigenvalue weighted by atomic mass is 16.2. The fourth-order valence-electron chi connectivity index (χ4n) is 2.17. The van der Waals surface area contributed by atoms with E-state index < -0.39 is 11.2 Å². The molecule has 0 spiro atoms. The molecule has 112 valence electrons. The van der Waals surface area contributed by atoms with Gasteiger partial charge in [0.05, 0.1) is 10.9 Å². The van der Waals surface area contributed by atoms with Crippen molar-refractivity contribution < 1.29 is 4.79 Å². The summed E-state index contributed by atoms with van der Waals surface area (Å²) in [7, 11) is 0. The van der Waals surface area contributed by atoms with Crippen LogP contribution in [0.4, 0.5) is 0 Å². The van der Waals surface area contributed by atoms with Crippen LogP contribution in [-0.4, -0.2) is 22.0 Å². The van der Waals surface area contributed by atoms with Crippen LogP contribution in [-0.2, 0) is 11.3 Å². The monoisotopic (exact) mass is 289 g/mol. The number of aromatic nitrogens is 2. The Morgan fingerprint density at radius 3 is 2.81 bits per heavy atom. The number of carbonyl (C=O) groups is 1. The first-order valence-electron chi connectivity index (χ1n) is 7.12. The van der Waals surface area contributed by atoms with E-state index in [1.165, 1.54) is 4.57 Å². The number of benzene rings is 1. The molecule has 0 saturated carbocycles. The third-order valence-electron chi connectivity index (χ3n) is 3.32. The largest absolute Gasteiger partial charge is 0.356 e. The van der Waals surface area contributed by atoms with Crippen molar-refractivity contribution in [3.63, 3.8) is 0 Å². The maximum atomic E-state index is 11.9. The van der Waals surface area contributed by atoms with Crippen molar-refractivity contribution in [2.24, 2.45) is 0 Å². The number of nitrogens with one attached hydrogen (secondary N) is 2. The number of H-pyrrole nitrogens is 1. The summed E-state index contributed by atoms with van der Waals surface area (Å²) in [6, 6.07) is 6.87. The summed E-state index contributed by atoms with van der Waals surface area (Å²) in [5.41, 5.74) is -0.341. The van der Waals surface area contributed by atoms with Gasteiger partial charge in [-0.3, -0.25) is 19.1 Å². The second-order valence-corrected chi connectivity index (χ2v) is 4.88. The molecular formula is C15H19N3O3. The van der Waals surface area contributed by atoms with Crippen LogP contribution in [0.25, 0.3) is 10.9 Å². The lowest BCUT2D eigenvalue weighted by Crippen LogP contribution is -2.32. The van der Waals surface area contributed by atoms with Gasteiger partial charge in [-0.1, -0.05) is 25.5 Å². The van der Waals surface area contributed by atoms with Crippen LogP contribution in [0.3, 0.4) is 0 Å². The average Bonchev–Trinajstić information content (AvgIpc) is 2.47. The van der Waals surface area contributed by atoms with Gasteiger partial charge in [0.2, 0.25) is 5.91 Å². The van der Waals surface area contributed by atoms with Gasteiger partial charge < -0.3 is 5.32 Å². The highest BCUT2D eigenvalue weighted by Crippen LogP contribution is 2.06. The fraction of sp³-hybridized carbons (Fsp3) is 0.400. The summed E-state index contributed by atoms with van der Waals surface area (Å²) in [6.45, 7) is 2.95. The predicted molar refractivity (Wildman–Crippen MR) is 81.4 cm³/mol. The van der Waals surface area contributed by atoms with Crippen LogP contribution in [0.1, 0.15) is 26.2 Å². The number of aromatic amines is 1. The van der Waals surface area contributed by atoms with Gasteiger partial charge in [-0.2, -0.15) is 0 Å². The standard InChI is InChI=1S/C15H19N3O3/c1-2-3-9-16-13(19)8-10-18-12-7-5-4-6-11(12)14(20)17-15(18)21/h4-7H,2-3,8-10H2,1H3,(H,16,19)(H,17,20,21). The van der Waals surface area contributed by atoms with Gasteiger partial charge in [0.15, 0.2) is 0 Å². The Morgan fingerprint density at radius 2 is 2.05 bits per heavy atom. The van der Waals surface area contributed by atoms with Gasteiger partial charge >= 0.3 is 5.69 Å². The van der Waals surface area contributed by atoms with Crippen molar-refractivity contribution in [2.45, 2.75) is 32.7 Å². The van der Waals surface area contributed by atoms with Crippen LogP contribution in [0.2, 0.25) is 0 Å². The summed E-state index contributed by atoms with van der Waals surface area (Å²) in [6.07, 6.45) is 2.16. The third-order valence-corrected chi connectivity index (χ3v) is 3.32. The van der Waals surface area contributed by atoms with E-state index >= 15 is 0 Å². The molecule has 1 amide bonds. The number of carbonyl (C=O) groups excluding carboxylic acids is 1. The summed E-state index contributed by atoms with van der Waals surface area (Å²) < 4.78 is 1.43. The number of para-hydroxylation sites is 1. The molecule has 1 aromatic heterocycles. The van der Waals surface area contributed by atoms with E-state index in [1.807, 2.05) is 0 Å². The van der Waals surface area contributed by atoms with Gasteiger partial charge in [0.1, 0.15) is 0 Å². The lowest BCUT2D eigenvalue weighted by molar-refractivity contribution is -0.121. The molecule has 1 heterocycles. The second kappa shape index (κ2) is 6.88. The van der Waals surface area contributed by atoms with E-state index in [0.29, 0.717) is 17.4 Å². The molecule has 6 nitrogen and oxygen atoms in total. The van der Waals surface area contributed by atoms with Crippen molar-refractivity contribution in [3.8, 4) is 0 Å². The number of fused-ring (bicyclic) bond motifs is 1. The SMILES string of the molecule is CCCCNC(=O)CCn1c(=O)[nH]c(=O)c2ccccc21. The highest BCUT2D eigenvalue weighted by Gasteiger charge is 2.08. The fourth-order valence-corrected chi connectivity index (χ4v) is 2.17. The molecule has 2 aromatic rings. The molecule has 6 heteroatoms. The van der Waals surface area contributed by atoms with E-state index in [-0.39, 0.29) is 18.9 Å². The van der Waals surface area contributed by atoms with Crippen molar-refractivity contribution in [3.05, 3.63) is 45.1 Å². The first kappa shape index (κ1) is 15.0. The lowest BCUT2D eigenvalue weighted by Gasteiger charge is -2.09. The minimum atomic E-state index is -0.486. The van der Waals surface area contributed by atoms with Crippen LogP contribution >= 0.6 is 0 Å². The number of nitrogens with zero attached hydrogens (tertiary/aromatic N) is 1. The lowest BCUT2D eigenvalue weighted by atomic mass is 10.2. The van der Waals surface area contributed by atoms with Crippen molar-refractivity contribution >= 4 is 16.8 Å². The summed E-state index contributed by atoms with van der Waals surface area (Å²) in [4.78, 5) is 37.6. The number of hydrogen-bond donors (Lipinski definition) is 2. The zero-order chi connectivity index (χ0) is 15.2. The Kier molecular flexibility index (Phi) is 4.92. The highest BCUT2D eigenvalue weighted by molar-refractivity contribution is 5.78. The molecule has 0 unspecified atom stereocenters. The van der Waals surface area contributed by atoms with E-state index in [0.717, 1.165) is 12.8 Å². The molecule has 0 atom stereocenters. The third kappa shape index (κ3) is 3.59. The molecule has 0 aliphatic heterocycles. The average molecular weight is 289 g/mol. The van der Waals surface area contributed by atoms with Crippen molar-refractivity contribution in [1.29, 1.82) is 0 Å². The number of rotatable bonds is 6. The van der Waals surface area contributed by atoms with E-state index in [1.54, 1.807) is 24.3 Å². The molecule has 21 heavy (non-hydrogen) atoms. The van der Waals surface area contributed by atoms with Crippen LogP contribution in [0.15, 0.2) is 33.9 Å². The molecular weight excluding hydrogens is 270 g/mol. The van der Waals surface area contributed by atoms with Gasteiger partial charge in [0, 0.05) is 19.5 Å². The van der Waals surface area contributed by atoms with Crippen LogP contribution in [0.5, 0.6) is 0 Å². The van der Waals surface area contributed by atoms with Crippen molar-refractivity contribution in [1.82, 2.24) is 14.9 Å². The molecule has 0 radical (unpaired) electrons. The van der Waals surface area contributed by atoms with Gasteiger partial charge in [-0.05, 0) is 18.6 Å². The number of amides is 1. The number of unbranched alkanes of at least 4 members (excludes halogenated alkanes) is 1. The summed E-state index contributed by atoms with van der Waals surface area (Å²) >= 11 is 0. The number of aryl methyl sites for hydroxylation is 1. The van der Waals surface area contributed by atoms with Crippen LogP contribution in [0, 0.1) is 0 Å². The second-order valence-electron chi connectivity index (χ2n) is 4.88. The Hall–Kier alpha value is -2.37. The summed E-state index contributed by atoms with van der Waals surface area (Å²) in [5.74, 6) is -0.0920. The Morgan fingerprint density at radius 1 is 1.29 bits per heavy atom. The molecule has 2 N–H and O–H groups in total. The van der Waals surface area contributed by atoms with Crippen LogP contribution < -0.4 is 16.6 Å². The molecule has 1 aromatic carbocycles. The first-order valence-corrected chi connectivity index (χ1v) is 7.12. The molecule has 0 bridgehead atoms. The topological polar surface area (TPSA) is 84.0 Å². The minimum absolute atomic E-state index is 0.0920. The first-order chi connectivity index (χ1) is 10.1. The molecule has 0 aliphatic rings. The zero-order valence-corrected chi connectivity index (χ0v) is 12.0. The molecule has 2 rings (SSSR count). The number of hydrogen-bond acceptors (Lipinski definition) is 3. The Balaban J connectivity index is 2.17. The maximum absolute atomic E-state index is 11.9. The zero-order valence-electron chi connectivity index (χ0n) is 12.0. The van der Waals surface area contributed by atoms with E-state index in [4.69, 9.17) is 0 Å². The normalized spacial score (nSPS) is 10.7. The quantitative estimate of drug-likeness (QED) is 0.778. The smallest absolute Gasteiger partial charge is 0.328 e. The van der Waals surface area contributed by atoms with E-state index in [9.17, 15) is 14.4 Å². The molecule has 0 saturated heterocycles. The van der Waals surface area contributed by atoms with Gasteiger partial charge in [-0.15, -0.1) is 0 Å². The predicted octanol–water partition coefficient (Wildman–Crippen LogP) is 0.996. The van der Waals surface area contributed by atoms with Crippen molar-refractivity contribution in [2.75, 3.05) is 6.54 Å². The Labute approximate surface area is 121 Å². The maximum Gasteiger partial charge on any atom is 0.328 e. The molecule has 0 fully saturated rings. The summed E-state index contributed by atoms with van der Waals surface area (Å²) in [5, 5.41) is 3.25. The minimum Gasteiger partial charge on any atom is -0.356 e. The van der Waals surface area contributed by atoms with Gasteiger partial charge in [-0.25, -0.2) is 4.79 Å². The van der Waals surface area contributed by atoms with Gasteiger partial charge in [0.25, 0.3) is 5.56 Å². The van der Waals surface area contributed by atoms with E-state index in [2.05, 4.69) is 17.2 Å².